The molecule has 2 atom stereocenters. The Morgan fingerprint density at radius 2 is 2.04 bits per heavy atom. The molecule has 1 aromatic rings. The van der Waals surface area contributed by atoms with E-state index in [0.717, 1.165) is 7.11 Å². The van der Waals surface area contributed by atoms with Gasteiger partial charge in [0.05, 0.1) is 12.1 Å². The van der Waals surface area contributed by atoms with E-state index in [1.54, 1.807) is 6.92 Å². The third kappa shape index (κ3) is 4.83. The number of esters is 1. The summed E-state index contributed by atoms with van der Waals surface area (Å²) in [6.45, 7) is 1.69. The van der Waals surface area contributed by atoms with Crippen LogP contribution in [0.5, 0.6) is 0 Å². The molecule has 0 unspecified atom stereocenters. The molecule has 1 fully saturated rings. The first-order chi connectivity index (χ1) is 12.1. The van der Waals surface area contributed by atoms with Gasteiger partial charge >= 0.3 is 35.5 Å². The van der Waals surface area contributed by atoms with Crippen molar-refractivity contribution < 1.29 is 66.5 Å². The van der Waals surface area contributed by atoms with Crippen molar-refractivity contribution >= 4 is 45.1 Å². The number of thiazole rings is 1. The van der Waals surface area contributed by atoms with Crippen LogP contribution in [0.1, 0.15) is 10.7 Å². The summed E-state index contributed by atoms with van der Waals surface area (Å²) in [6, 6.07) is -3.42. The van der Waals surface area contributed by atoms with Gasteiger partial charge < -0.3 is 19.4 Å². The fourth-order valence-electron chi connectivity index (χ4n) is 2.18. The normalized spacial score (nSPS) is 19.6. The van der Waals surface area contributed by atoms with Gasteiger partial charge in [-0.05, 0) is 6.92 Å². The van der Waals surface area contributed by atoms with Gasteiger partial charge in [0.2, 0.25) is 0 Å². The maximum absolute atomic E-state index is 12.4. The molecular weight excluding hydrogens is 415 g/mol. The molecule has 2 rings (SSSR count). The zero-order chi connectivity index (χ0) is 19.6. The molecule has 2 heterocycles. The van der Waals surface area contributed by atoms with Crippen LogP contribution in [0.2, 0.25) is 0 Å². The van der Waals surface area contributed by atoms with Crippen LogP contribution >= 0.6 is 11.3 Å². The summed E-state index contributed by atoms with van der Waals surface area (Å²) >= 11 is 1.23. The topological polar surface area (TPSA) is 167 Å². The van der Waals surface area contributed by atoms with E-state index >= 15 is 0 Å². The number of carbonyl (C=O) groups is 3. The van der Waals surface area contributed by atoms with E-state index in [-0.39, 0.29) is 45.3 Å². The first-order valence-corrected chi connectivity index (χ1v) is 9.07. The second kappa shape index (κ2) is 9.07. The molecule has 1 aromatic heterocycles. The van der Waals surface area contributed by atoms with Crippen LogP contribution in [-0.4, -0.2) is 72.1 Å². The van der Waals surface area contributed by atoms with Gasteiger partial charge in [0.15, 0.2) is 22.1 Å². The number of aromatic nitrogens is 1. The third-order valence-electron chi connectivity index (χ3n) is 3.28. The number of nitrogens with zero attached hydrogens (tertiary/aromatic N) is 3. The van der Waals surface area contributed by atoms with Crippen LogP contribution in [0.15, 0.2) is 10.5 Å². The van der Waals surface area contributed by atoms with Crippen molar-refractivity contribution in [3.63, 3.8) is 0 Å². The minimum atomic E-state index is -5.25. The van der Waals surface area contributed by atoms with E-state index in [4.69, 9.17) is 0 Å². The Bertz CT molecular complexity index is 884. The number of β-lactam (4-membered cyclic amide) rings is 1. The van der Waals surface area contributed by atoms with Gasteiger partial charge in [0.1, 0.15) is 18.8 Å². The van der Waals surface area contributed by atoms with Crippen molar-refractivity contribution in [2.75, 3.05) is 14.2 Å². The van der Waals surface area contributed by atoms with E-state index in [1.165, 1.54) is 23.8 Å². The number of nitrogens with one attached hydrogen (secondary N) is 1. The Kier molecular flexibility index (Phi) is 7.88. The van der Waals surface area contributed by atoms with Gasteiger partial charge in [-0.1, -0.05) is 5.16 Å². The van der Waals surface area contributed by atoms with Crippen molar-refractivity contribution in [2.24, 2.45) is 5.16 Å². The number of oxime groups is 1. The van der Waals surface area contributed by atoms with Gasteiger partial charge in [-0.2, -0.15) is 0 Å². The van der Waals surface area contributed by atoms with E-state index in [2.05, 4.69) is 25.0 Å². The molecule has 0 aromatic carbocycles. The molecule has 1 aliphatic rings. The summed E-state index contributed by atoms with van der Waals surface area (Å²) in [7, 11) is -3.13. The van der Waals surface area contributed by atoms with Crippen molar-refractivity contribution in [2.45, 2.75) is 19.0 Å². The number of aryl methyl sites for hydroxylation is 1. The van der Waals surface area contributed by atoms with Gasteiger partial charge in [-0.15, -0.1) is 11.3 Å². The van der Waals surface area contributed by atoms with Crippen molar-refractivity contribution in [1.82, 2.24) is 14.6 Å². The summed E-state index contributed by atoms with van der Waals surface area (Å²) < 4.78 is 37.6. The summed E-state index contributed by atoms with van der Waals surface area (Å²) in [5, 5.41) is 7.82. The second-order valence-corrected chi connectivity index (χ2v) is 7.20. The van der Waals surface area contributed by atoms with E-state index in [0.29, 0.717) is 5.01 Å². The molecule has 0 radical (unpaired) electrons. The molecule has 142 valence electrons. The van der Waals surface area contributed by atoms with Crippen LogP contribution in [-0.2, 0) is 34.3 Å². The summed E-state index contributed by atoms with van der Waals surface area (Å²) in [6.07, 6.45) is 0. The zero-order valence-electron chi connectivity index (χ0n) is 14.7. The van der Waals surface area contributed by atoms with Gasteiger partial charge in [-0.3, -0.25) is 9.59 Å². The Hall–Kier alpha value is -1.58. The van der Waals surface area contributed by atoms with Crippen LogP contribution in [0.4, 0.5) is 0 Å². The summed E-state index contributed by atoms with van der Waals surface area (Å²) in [5.41, 5.74) is -0.141. The number of hydrogen-bond acceptors (Lipinski definition) is 11. The Labute approximate surface area is 180 Å². The van der Waals surface area contributed by atoms with Gasteiger partial charge in [0, 0.05) is 5.38 Å². The number of ether oxygens (including phenoxy) is 1. The molecule has 12 nitrogen and oxygen atoms in total. The molecule has 0 aliphatic carbocycles. The van der Waals surface area contributed by atoms with Crippen LogP contribution in [0.25, 0.3) is 0 Å². The van der Waals surface area contributed by atoms with Gasteiger partial charge in [0.25, 0.3) is 11.8 Å². The van der Waals surface area contributed by atoms with E-state index in [1.807, 2.05) is 0 Å². The number of carbonyl (C=O) groups excluding carboxylic acids is 3. The third-order valence-corrected chi connectivity index (χ3v) is 4.94. The molecule has 2 amide bonds. The van der Waals surface area contributed by atoms with Crippen molar-refractivity contribution in [1.29, 1.82) is 0 Å². The van der Waals surface area contributed by atoms with Crippen LogP contribution in [0, 0.1) is 6.92 Å². The molecule has 0 bridgehead atoms. The summed E-state index contributed by atoms with van der Waals surface area (Å²) in [5.74, 6) is -3.40. The number of methoxy groups -OCH3 is 1. The van der Waals surface area contributed by atoms with Crippen LogP contribution < -0.4 is 34.9 Å². The zero-order valence-corrected chi connectivity index (χ0v) is 18.3. The average Bonchev–Trinajstić information content (AvgIpc) is 2.98. The van der Waals surface area contributed by atoms with E-state index in [9.17, 15) is 27.4 Å². The van der Waals surface area contributed by atoms with Crippen LogP contribution in [0.3, 0.4) is 0 Å². The SMILES string of the molecule is CO/N=C(\C(=O)N[C@H]1C(=O)N(S(=O)(=O)[O-])[C@H]1C(=O)OC)c1csc(C)n1.[Na+]. The molecule has 15 heteroatoms. The minimum Gasteiger partial charge on any atom is -0.731 e. The molecule has 27 heavy (non-hydrogen) atoms. The largest absolute Gasteiger partial charge is 1.00 e. The molecule has 1 N–H and O–H groups in total. The van der Waals surface area contributed by atoms with E-state index < -0.39 is 40.2 Å². The maximum atomic E-state index is 12.4. The molecule has 0 saturated carbocycles. The Morgan fingerprint density at radius 1 is 1.41 bits per heavy atom. The fraction of sp³-hybridized carbons (Fsp3) is 0.417. The Morgan fingerprint density at radius 3 is 2.48 bits per heavy atom. The predicted octanol–water partition coefficient (Wildman–Crippen LogP) is -4.87. The standard InChI is InChI=1S/C12H14N4O8S2.Na/c1-5-13-6(4-25-5)7(15-24-3)10(17)14-8-9(12(19)23-2)16(11(8)18)26(20,21)22;/h4,8-9H,1-3H3,(H,14,17)(H,20,21,22);/q;+1/p-1/b15-7-;/t8-,9-;/m1./s1. The first-order valence-electron chi connectivity index (χ1n) is 6.83. The smallest absolute Gasteiger partial charge is 0.731 e. The fourth-order valence-corrected chi connectivity index (χ4v) is 3.60. The van der Waals surface area contributed by atoms with Gasteiger partial charge in [-0.25, -0.2) is 22.5 Å². The molecular formula is C12H13N4NaO8S2. The number of rotatable bonds is 6. The molecule has 1 aliphatic heterocycles. The maximum Gasteiger partial charge on any atom is 1.00 e. The van der Waals surface area contributed by atoms with Crippen molar-refractivity contribution in [3.8, 4) is 0 Å². The number of amides is 2. The molecule has 1 saturated heterocycles. The predicted molar refractivity (Wildman–Crippen MR) is 84.7 cm³/mol. The summed E-state index contributed by atoms with van der Waals surface area (Å²) in [4.78, 5) is 44.7. The quantitative estimate of drug-likeness (QED) is 0.117. The minimum absolute atomic E-state index is 0. The Balaban J connectivity index is 0.00000364. The second-order valence-electron chi connectivity index (χ2n) is 4.89. The number of hydrogen-bond donors (Lipinski definition) is 1. The molecule has 0 spiro atoms. The monoisotopic (exact) mass is 428 g/mol. The average molecular weight is 428 g/mol. The first kappa shape index (κ1) is 23.5. The van der Waals surface area contributed by atoms with Crippen molar-refractivity contribution in [3.05, 3.63) is 16.1 Å².